The molecule has 0 atom stereocenters. The van der Waals surface area contributed by atoms with Crippen molar-refractivity contribution in [2.75, 3.05) is 13.1 Å². The molecule has 2 rings (SSSR count). The van der Waals surface area contributed by atoms with Crippen molar-refractivity contribution >= 4 is 12.0 Å². The van der Waals surface area contributed by atoms with Crippen LogP contribution in [0.1, 0.15) is 39.0 Å². The van der Waals surface area contributed by atoms with E-state index in [4.69, 9.17) is 5.11 Å². The third-order valence-electron chi connectivity index (χ3n) is 4.13. The van der Waals surface area contributed by atoms with E-state index in [-0.39, 0.29) is 18.0 Å². The minimum Gasteiger partial charge on any atom is -0.481 e. The lowest BCUT2D eigenvalue weighted by Gasteiger charge is -2.38. The zero-order valence-electron chi connectivity index (χ0n) is 10.2. The van der Waals surface area contributed by atoms with E-state index in [2.05, 4.69) is 17.6 Å². The molecule has 0 aliphatic heterocycles. The van der Waals surface area contributed by atoms with Crippen molar-refractivity contribution in [1.29, 1.82) is 0 Å². The first-order valence-electron chi connectivity index (χ1n) is 6.21. The van der Waals surface area contributed by atoms with Crippen LogP contribution in [0, 0.1) is 10.8 Å². The molecule has 0 heterocycles. The number of nitrogens with one attached hydrogen (secondary N) is 2. The Morgan fingerprint density at radius 2 is 1.71 bits per heavy atom. The van der Waals surface area contributed by atoms with Crippen molar-refractivity contribution in [3.05, 3.63) is 0 Å². The summed E-state index contributed by atoms with van der Waals surface area (Å²) in [5.74, 6) is -0.802. The van der Waals surface area contributed by atoms with Crippen LogP contribution in [-0.4, -0.2) is 30.2 Å². The molecule has 2 aliphatic carbocycles. The average molecular weight is 240 g/mol. The lowest BCUT2D eigenvalue weighted by Crippen LogP contribution is -2.46. The number of carbonyl (C=O) groups is 2. The average Bonchev–Trinajstić information content (AvgIpc) is 3.02. The van der Waals surface area contributed by atoms with Gasteiger partial charge in [-0.2, -0.15) is 0 Å². The number of carbonyl (C=O) groups excluding carboxylic acids is 1. The smallest absolute Gasteiger partial charge is 0.314 e. The second-order valence-electron chi connectivity index (χ2n) is 5.79. The van der Waals surface area contributed by atoms with E-state index in [0.717, 1.165) is 12.8 Å². The molecule has 2 aliphatic rings. The fraction of sp³-hybridized carbons (Fsp3) is 0.833. The van der Waals surface area contributed by atoms with Gasteiger partial charge in [0, 0.05) is 13.1 Å². The molecule has 0 aromatic rings. The van der Waals surface area contributed by atoms with E-state index >= 15 is 0 Å². The monoisotopic (exact) mass is 240 g/mol. The molecule has 0 unspecified atom stereocenters. The first-order chi connectivity index (χ1) is 7.96. The molecule has 0 spiro atoms. The third-order valence-corrected chi connectivity index (χ3v) is 4.13. The summed E-state index contributed by atoms with van der Waals surface area (Å²) in [4.78, 5) is 22.4. The molecule has 2 amide bonds. The van der Waals surface area contributed by atoms with E-state index in [1.165, 1.54) is 6.42 Å². The molecule has 96 valence electrons. The van der Waals surface area contributed by atoms with Gasteiger partial charge >= 0.3 is 12.0 Å². The fourth-order valence-electron chi connectivity index (χ4n) is 2.18. The Balaban J connectivity index is 1.66. The molecule has 3 N–H and O–H groups in total. The van der Waals surface area contributed by atoms with Crippen molar-refractivity contribution in [2.45, 2.75) is 39.0 Å². The van der Waals surface area contributed by atoms with Crippen LogP contribution in [0.4, 0.5) is 4.79 Å². The van der Waals surface area contributed by atoms with E-state index in [0.29, 0.717) is 19.4 Å². The van der Waals surface area contributed by atoms with Gasteiger partial charge in [0.2, 0.25) is 0 Å². The van der Waals surface area contributed by atoms with Crippen molar-refractivity contribution < 1.29 is 14.7 Å². The quantitative estimate of drug-likeness (QED) is 0.678. The molecule has 2 fully saturated rings. The molecule has 5 nitrogen and oxygen atoms in total. The lowest BCUT2D eigenvalue weighted by molar-refractivity contribution is -0.143. The summed E-state index contributed by atoms with van der Waals surface area (Å²) >= 11 is 0. The number of carboxylic acids is 1. The van der Waals surface area contributed by atoms with Gasteiger partial charge in [-0.05, 0) is 31.1 Å². The summed E-state index contributed by atoms with van der Waals surface area (Å²) in [6.07, 6.45) is 4.89. The van der Waals surface area contributed by atoms with Crippen molar-refractivity contribution in [3.8, 4) is 0 Å². The molecule has 0 bridgehead atoms. The number of urea groups is 1. The maximum atomic E-state index is 11.5. The zero-order valence-corrected chi connectivity index (χ0v) is 10.2. The summed E-state index contributed by atoms with van der Waals surface area (Å²) in [6, 6.07) is -0.245. The van der Waals surface area contributed by atoms with Gasteiger partial charge < -0.3 is 15.7 Å². The highest BCUT2D eigenvalue weighted by atomic mass is 16.4. The van der Waals surface area contributed by atoms with Crippen LogP contribution in [0.2, 0.25) is 0 Å². The highest BCUT2D eigenvalue weighted by molar-refractivity contribution is 5.80. The standard InChI is InChI=1S/C12H20N2O3/c1-11(3-2-4-11)7-13-10(17)14-8-12(5-6-12)9(15)16/h2-8H2,1H3,(H,15,16)(H2,13,14,17). The Kier molecular flexibility index (Phi) is 3.02. The van der Waals surface area contributed by atoms with E-state index in [1.54, 1.807) is 0 Å². The molecular formula is C12H20N2O3. The van der Waals surface area contributed by atoms with Crippen LogP contribution in [0.25, 0.3) is 0 Å². The summed E-state index contributed by atoms with van der Waals surface area (Å²) in [7, 11) is 0. The number of hydrogen-bond acceptors (Lipinski definition) is 2. The maximum absolute atomic E-state index is 11.5. The SMILES string of the molecule is CC1(CNC(=O)NCC2(C(=O)O)CC2)CCC1. The van der Waals surface area contributed by atoms with Crippen molar-refractivity contribution in [2.24, 2.45) is 10.8 Å². The molecule has 2 saturated carbocycles. The maximum Gasteiger partial charge on any atom is 0.314 e. The third kappa shape index (κ3) is 2.70. The molecule has 5 heteroatoms. The van der Waals surface area contributed by atoms with Crippen LogP contribution in [0.5, 0.6) is 0 Å². The van der Waals surface area contributed by atoms with E-state index < -0.39 is 11.4 Å². The normalized spacial score (nSPS) is 23.4. The Labute approximate surface area is 101 Å². The minimum absolute atomic E-state index is 0.241. The molecule has 17 heavy (non-hydrogen) atoms. The van der Waals surface area contributed by atoms with E-state index in [9.17, 15) is 9.59 Å². The van der Waals surface area contributed by atoms with Crippen LogP contribution in [-0.2, 0) is 4.79 Å². The van der Waals surface area contributed by atoms with Gasteiger partial charge in [-0.3, -0.25) is 4.79 Å². The zero-order chi connectivity index (χ0) is 12.5. The van der Waals surface area contributed by atoms with Gasteiger partial charge in [0.1, 0.15) is 0 Å². The number of carboxylic acid groups (broad SMARTS) is 1. The predicted molar refractivity (Wildman–Crippen MR) is 62.7 cm³/mol. The second kappa shape index (κ2) is 4.20. The van der Waals surface area contributed by atoms with Gasteiger partial charge in [0.05, 0.1) is 5.41 Å². The number of amides is 2. The molecule has 0 aromatic carbocycles. The number of hydrogen-bond donors (Lipinski definition) is 3. The summed E-state index contributed by atoms with van der Waals surface area (Å²) in [5.41, 5.74) is -0.431. The fourth-order valence-corrected chi connectivity index (χ4v) is 2.18. The van der Waals surface area contributed by atoms with Crippen molar-refractivity contribution in [3.63, 3.8) is 0 Å². The number of aliphatic carboxylic acids is 1. The highest BCUT2D eigenvalue weighted by Gasteiger charge is 2.50. The van der Waals surface area contributed by atoms with E-state index in [1.807, 2.05) is 0 Å². The molecular weight excluding hydrogens is 220 g/mol. The van der Waals surface area contributed by atoms with Crippen LogP contribution in [0.3, 0.4) is 0 Å². The summed E-state index contributed by atoms with van der Waals surface area (Å²) < 4.78 is 0. The first kappa shape index (κ1) is 12.2. The molecule has 0 radical (unpaired) electrons. The van der Waals surface area contributed by atoms with Gasteiger partial charge in [-0.25, -0.2) is 4.79 Å². The Morgan fingerprint density at radius 3 is 2.12 bits per heavy atom. The van der Waals surface area contributed by atoms with Crippen LogP contribution >= 0.6 is 0 Å². The second-order valence-corrected chi connectivity index (χ2v) is 5.79. The largest absolute Gasteiger partial charge is 0.481 e. The summed E-state index contributed by atoms with van der Waals surface area (Å²) in [5, 5.41) is 14.4. The van der Waals surface area contributed by atoms with Crippen LogP contribution < -0.4 is 10.6 Å². The first-order valence-corrected chi connectivity index (χ1v) is 6.21. The molecule has 0 aromatic heterocycles. The van der Waals surface area contributed by atoms with Crippen molar-refractivity contribution in [1.82, 2.24) is 10.6 Å². The highest BCUT2D eigenvalue weighted by Crippen LogP contribution is 2.45. The van der Waals surface area contributed by atoms with Crippen LogP contribution in [0.15, 0.2) is 0 Å². The predicted octanol–water partition coefficient (Wildman–Crippen LogP) is 1.34. The Hall–Kier alpha value is -1.26. The minimum atomic E-state index is -0.802. The topological polar surface area (TPSA) is 78.4 Å². The number of rotatable bonds is 5. The summed E-state index contributed by atoms with van der Waals surface area (Å²) in [6.45, 7) is 3.08. The van der Waals surface area contributed by atoms with Gasteiger partial charge in [-0.15, -0.1) is 0 Å². The van der Waals surface area contributed by atoms with Gasteiger partial charge in [-0.1, -0.05) is 13.3 Å². The lowest BCUT2D eigenvalue weighted by atomic mass is 9.70. The Bertz CT molecular complexity index is 333. The van der Waals surface area contributed by atoms with Gasteiger partial charge in [0.25, 0.3) is 0 Å². The Morgan fingerprint density at radius 1 is 1.12 bits per heavy atom. The molecule has 0 saturated heterocycles. The van der Waals surface area contributed by atoms with Gasteiger partial charge in [0.15, 0.2) is 0 Å².